The van der Waals surface area contributed by atoms with Crippen LogP contribution in [0.3, 0.4) is 0 Å². The molecule has 1 aliphatic heterocycles. The number of amides is 2. The van der Waals surface area contributed by atoms with Crippen LogP contribution in [-0.2, 0) is 4.74 Å². The number of rotatable bonds is 6. The first-order chi connectivity index (χ1) is 15.5. The summed E-state index contributed by atoms with van der Waals surface area (Å²) in [5.74, 6) is 0.865. The zero-order valence-corrected chi connectivity index (χ0v) is 18.4. The molecule has 2 amide bonds. The zero-order chi connectivity index (χ0) is 22.9. The van der Waals surface area contributed by atoms with Crippen LogP contribution in [0.15, 0.2) is 48.5 Å². The smallest absolute Gasteiger partial charge is 0.494 e. The standard InChI is InChI=1S/C24H28N2O6/c1-3-30-20-10-6-18(7-11-20)22(27)25-14-5-15-26(17-16-25)23(28)19-8-12-21(13-9-19)32-24(29)31-4-2/h6-13H,3-5,14-17H2,1-2H3. The highest BCUT2D eigenvalue weighted by molar-refractivity contribution is 5.95. The second kappa shape index (κ2) is 11.2. The number of benzene rings is 2. The van der Waals surface area contributed by atoms with E-state index in [1.54, 1.807) is 65.3 Å². The summed E-state index contributed by atoms with van der Waals surface area (Å²) < 4.78 is 15.2. The normalized spacial score (nSPS) is 13.8. The van der Waals surface area contributed by atoms with Crippen LogP contribution in [0.2, 0.25) is 0 Å². The van der Waals surface area contributed by atoms with Crippen LogP contribution in [-0.4, -0.2) is 67.2 Å². The molecule has 0 aromatic heterocycles. The largest absolute Gasteiger partial charge is 0.513 e. The number of hydrogen-bond acceptors (Lipinski definition) is 6. The van der Waals surface area contributed by atoms with E-state index in [1.165, 1.54) is 0 Å². The maximum absolute atomic E-state index is 12.9. The molecule has 0 bridgehead atoms. The van der Waals surface area contributed by atoms with Crippen LogP contribution in [0, 0.1) is 0 Å². The lowest BCUT2D eigenvalue weighted by molar-refractivity contribution is 0.0718. The molecule has 0 saturated carbocycles. The van der Waals surface area contributed by atoms with Gasteiger partial charge in [-0.25, -0.2) is 4.79 Å². The molecule has 3 rings (SSSR count). The van der Waals surface area contributed by atoms with Gasteiger partial charge >= 0.3 is 6.16 Å². The van der Waals surface area contributed by atoms with Crippen molar-refractivity contribution in [3.63, 3.8) is 0 Å². The summed E-state index contributed by atoms with van der Waals surface area (Å²) in [6.07, 6.45) is -0.0881. The molecule has 0 atom stereocenters. The Balaban J connectivity index is 1.57. The van der Waals surface area contributed by atoms with Crippen LogP contribution in [0.5, 0.6) is 11.5 Å². The van der Waals surface area contributed by atoms with Crippen LogP contribution < -0.4 is 9.47 Å². The van der Waals surface area contributed by atoms with Gasteiger partial charge in [-0.2, -0.15) is 0 Å². The molecule has 0 aliphatic carbocycles. The number of hydrogen-bond donors (Lipinski definition) is 0. The quantitative estimate of drug-likeness (QED) is 0.504. The molecule has 0 radical (unpaired) electrons. The summed E-state index contributed by atoms with van der Waals surface area (Å²) in [5.41, 5.74) is 1.10. The van der Waals surface area contributed by atoms with Crippen molar-refractivity contribution < 1.29 is 28.6 Å². The predicted molar refractivity (Wildman–Crippen MR) is 118 cm³/mol. The van der Waals surface area contributed by atoms with Gasteiger partial charge in [-0.3, -0.25) is 9.59 Å². The summed E-state index contributed by atoms with van der Waals surface area (Å²) in [5, 5.41) is 0. The van der Waals surface area contributed by atoms with E-state index in [0.29, 0.717) is 56.1 Å². The molecular weight excluding hydrogens is 412 g/mol. The van der Waals surface area contributed by atoms with Gasteiger partial charge in [-0.1, -0.05) is 0 Å². The van der Waals surface area contributed by atoms with Crippen LogP contribution in [0.1, 0.15) is 41.0 Å². The third kappa shape index (κ3) is 6.00. The topological polar surface area (TPSA) is 85.4 Å². The Morgan fingerprint density at radius 1 is 0.719 bits per heavy atom. The minimum atomic E-state index is -0.781. The molecular formula is C24H28N2O6. The molecule has 0 unspecified atom stereocenters. The van der Waals surface area contributed by atoms with Crippen molar-refractivity contribution in [1.29, 1.82) is 0 Å². The third-order valence-electron chi connectivity index (χ3n) is 5.05. The van der Waals surface area contributed by atoms with E-state index < -0.39 is 6.16 Å². The van der Waals surface area contributed by atoms with Crippen molar-refractivity contribution in [3.8, 4) is 11.5 Å². The molecule has 1 saturated heterocycles. The Morgan fingerprint density at radius 3 is 1.69 bits per heavy atom. The van der Waals surface area contributed by atoms with Crippen LogP contribution in [0.4, 0.5) is 4.79 Å². The molecule has 32 heavy (non-hydrogen) atoms. The summed E-state index contributed by atoms with van der Waals surface area (Å²) in [4.78, 5) is 40.7. The van der Waals surface area contributed by atoms with E-state index in [0.717, 1.165) is 5.75 Å². The predicted octanol–water partition coefficient (Wildman–Crippen LogP) is 3.61. The highest BCUT2D eigenvalue weighted by atomic mass is 16.7. The van der Waals surface area contributed by atoms with Gasteiger partial charge in [-0.05, 0) is 68.8 Å². The van der Waals surface area contributed by atoms with Crippen molar-refractivity contribution in [2.45, 2.75) is 20.3 Å². The van der Waals surface area contributed by atoms with E-state index in [1.807, 2.05) is 6.92 Å². The average Bonchev–Trinajstić information content (AvgIpc) is 3.06. The van der Waals surface area contributed by atoms with Gasteiger partial charge in [0.15, 0.2) is 0 Å². The molecule has 1 heterocycles. The minimum absolute atomic E-state index is 0.0529. The number of nitrogens with zero attached hydrogens (tertiary/aromatic N) is 2. The van der Waals surface area contributed by atoms with E-state index in [-0.39, 0.29) is 18.4 Å². The van der Waals surface area contributed by atoms with E-state index in [2.05, 4.69) is 0 Å². The van der Waals surface area contributed by atoms with E-state index >= 15 is 0 Å². The molecule has 0 N–H and O–H groups in total. The fourth-order valence-electron chi connectivity index (χ4n) is 3.46. The molecule has 0 spiro atoms. The molecule has 2 aromatic rings. The average molecular weight is 440 g/mol. The Labute approximate surface area is 187 Å². The van der Waals surface area contributed by atoms with Gasteiger partial charge in [0.2, 0.25) is 0 Å². The molecule has 2 aromatic carbocycles. The zero-order valence-electron chi connectivity index (χ0n) is 18.4. The third-order valence-corrected chi connectivity index (χ3v) is 5.05. The summed E-state index contributed by atoms with van der Waals surface area (Å²) in [7, 11) is 0. The fourth-order valence-corrected chi connectivity index (χ4v) is 3.46. The van der Waals surface area contributed by atoms with Gasteiger partial charge in [0.1, 0.15) is 11.5 Å². The lowest BCUT2D eigenvalue weighted by atomic mass is 10.2. The van der Waals surface area contributed by atoms with Crippen molar-refractivity contribution in [3.05, 3.63) is 59.7 Å². The molecule has 170 valence electrons. The van der Waals surface area contributed by atoms with Gasteiger partial charge in [0, 0.05) is 37.3 Å². The van der Waals surface area contributed by atoms with Gasteiger partial charge in [-0.15, -0.1) is 0 Å². The number of carbonyl (C=O) groups is 3. The maximum Gasteiger partial charge on any atom is 0.513 e. The number of ether oxygens (including phenoxy) is 3. The van der Waals surface area contributed by atoms with E-state index in [9.17, 15) is 14.4 Å². The van der Waals surface area contributed by atoms with Crippen LogP contribution >= 0.6 is 0 Å². The molecule has 1 aliphatic rings. The van der Waals surface area contributed by atoms with Gasteiger partial charge in [0.25, 0.3) is 11.8 Å². The molecule has 8 heteroatoms. The second-order valence-corrected chi connectivity index (χ2v) is 7.20. The first-order valence-electron chi connectivity index (χ1n) is 10.8. The Morgan fingerprint density at radius 2 is 1.22 bits per heavy atom. The highest BCUT2D eigenvalue weighted by Gasteiger charge is 2.23. The van der Waals surface area contributed by atoms with Gasteiger partial charge < -0.3 is 24.0 Å². The number of carbonyl (C=O) groups excluding carboxylic acids is 3. The lowest BCUT2D eigenvalue weighted by Gasteiger charge is -2.22. The Bertz CT molecular complexity index is 927. The summed E-state index contributed by atoms with van der Waals surface area (Å²) in [6, 6.07) is 13.5. The summed E-state index contributed by atoms with van der Waals surface area (Å²) in [6.45, 7) is 6.46. The fraction of sp³-hybridized carbons (Fsp3) is 0.375. The van der Waals surface area contributed by atoms with Crippen molar-refractivity contribution in [1.82, 2.24) is 9.80 Å². The first-order valence-corrected chi connectivity index (χ1v) is 10.8. The van der Waals surface area contributed by atoms with E-state index in [4.69, 9.17) is 14.2 Å². The van der Waals surface area contributed by atoms with Crippen molar-refractivity contribution in [2.24, 2.45) is 0 Å². The van der Waals surface area contributed by atoms with Crippen LogP contribution in [0.25, 0.3) is 0 Å². The van der Waals surface area contributed by atoms with Crippen molar-refractivity contribution in [2.75, 3.05) is 39.4 Å². The Kier molecular flexibility index (Phi) is 8.08. The lowest BCUT2D eigenvalue weighted by Crippen LogP contribution is -2.37. The molecule has 1 fully saturated rings. The first kappa shape index (κ1) is 23.1. The second-order valence-electron chi connectivity index (χ2n) is 7.20. The maximum atomic E-state index is 12.9. The Hall–Kier alpha value is -3.55. The highest BCUT2D eigenvalue weighted by Crippen LogP contribution is 2.17. The SMILES string of the molecule is CCOC(=O)Oc1ccc(C(=O)N2CCCN(C(=O)c3ccc(OCC)cc3)CC2)cc1. The monoisotopic (exact) mass is 440 g/mol. The molecule has 8 nitrogen and oxygen atoms in total. The van der Waals surface area contributed by atoms with Gasteiger partial charge in [0.05, 0.1) is 13.2 Å². The summed E-state index contributed by atoms with van der Waals surface area (Å²) >= 11 is 0. The van der Waals surface area contributed by atoms with Crippen molar-refractivity contribution >= 4 is 18.0 Å². The minimum Gasteiger partial charge on any atom is -0.494 e.